The minimum atomic E-state index is -0.143. The van der Waals surface area contributed by atoms with Crippen molar-refractivity contribution in [2.45, 2.75) is 115 Å². The van der Waals surface area contributed by atoms with Crippen LogP contribution in [0.15, 0.2) is 0 Å². The second-order valence-corrected chi connectivity index (χ2v) is 9.80. The van der Waals surface area contributed by atoms with Crippen LogP contribution in [0.3, 0.4) is 0 Å². The molecular formula is C26H50N4O3. The predicted molar refractivity (Wildman–Crippen MR) is 135 cm³/mol. The van der Waals surface area contributed by atoms with Gasteiger partial charge in [-0.1, -0.05) is 45.4 Å². The lowest BCUT2D eigenvalue weighted by Gasteiger charge is -2.25. The smallest absolute Gasteiger partial charge is 0.222 e. The quantitative estimate of drug-likeness (QED) is 0.277. The molecule has 0 saturated carbocycles. The van der Waals surface area contributed by atoms with E-state index < -0.39 is 0 Å². The van der Waals surface area contributed by atoms with Crippen molar-refractivity contribution in [3.63, 3.8) is 0 Å². The van der Waals surface area contributed by atoms with E-state index in [1.54, 1.807) is 0 Å². The summed E-state index contributed by atoms with van der Waals surface area (Å²) in [6.07, 6.45) is 12.6. The van der Waals surface area contributed by atoms with E-state index in [0.29, 0.717) is 19.3 Å². The first kappa shape index (κ1) is 29.6. The molecule has 0 aromatic heterocycles. The molecule has 1 fully saturated rings. The Morgan fingerprint density at radius 1 is 0.667 bits per heavy atom. The van der Waals surface area contributed by atoms with Gasteiger partial charge in [0.2, 0.25) is 11.8 Å². The minimum absolute atomic E-state index is 0.0236. The molecule has 7 nitrogen and oxygen atoms in total. The van der Waals surface area contributed by atoms with Gasteiger partial charge in [-0.25, -0.2) is 0 Å². The van der Waals surface area contributed by atoms with Crippen molar-refractivity contribution in [3.8, 4) is 0 Å². The Balaban J connectivity index is 2.83. The van der Waals surface area contributed by atoms with Gasteiger partial charge in [-0.3, -0.25) is 14.4 Å². The summed E-state index contributed by atoms with van der Waals surface area (Å²) in [4.78, 5) is 38.5. The number of rotatable bonds is 15. The van der Waals surface area contributed by atoms with E-state index >= 15 is 0 Å². The first-order valence-electron chi connectivity index (χ1n) is 13.4. The molecule has 192 valence electrons. The Hall–Kier alpha value is -1.47. The van der Waals surface area contributed by atoms with Crippen LogP contribution in [0.5, 0.6) is 0 Å². The molecule has 3 unspecified atom stereocenters. The van der Waals surface area contributed by atoms with Crippen LogP contribution in [-0.2, 0) is 14.4 Å². The van der Waals surface area contributed by atoms with Crippen LogP contribution in [0.1, 0.15) is 103 Å². The van der Waals surface area contributed by atoms with E-state index in [1.165, 1.54) is 12.8 Å². The van der Waals surface area contributed by atoms with E-state index in [0.717, 1.165) is 70.9 Å². The lowest BCUT2D eigenvalue weighted by molar-refractivity contribution is -0.126. The third-order valence-corrected chi connectivity index (χ3v) is 6.55. The summed E-state index contributed by atoms with van der Waals surface area (Å²) in [5.41, 5.74) is 0. The SMILES string of the molecule is CCCCCCC1CC(=O)CC(CCCCNC)CC(=O)NC(CCCCNC)CC(=O)N1. The zero-order chi connectivity index (χ0) is 24.3. The molecule has 1 aliphatic heterocycles. The molecule has 1 heterocycles. The molecule has 7 heteroatoms. The summed E-state index contributed by atoms with van der Waals surface area (Å²) in [5, 5.41) is 12.6. The molecule has 0 bridgehead atoms. The Bertz CT molecular complexity index is 456. The van der Waals surface area contributed by atoms with Gasteiger partial charge in [0.05, 0.1) is 0 Å². The van der Waals surface area contributed by atoms with Gasteiger partial charge in [0.25, 0.3) is 0 Å². The van der Waals surface area contributed by atoms with Gasteiger partial charge in [0, 0.05) is 37.8 Å². The van der Waals surface area contributed by atoms with Crippen molar-refractivity contribution in [2.75, 3.05) is 27.2 Å². The lowest BCUT2D eigenvalue weighted by Crippen LogP contribution is -2.44. The molecule has 0 radical (unpaired) electrons. The highest BCUT2D eigenvalue weighted by Crippen LogP contribution is 2.21. The Morgan fingerprint density at radius 3 is 1.82 bits per heavy atom. The summed E-state index contributed by atoms with van der Waals surface area (Å²) < 4.78 is 0. The Morgan fingerprint density at radius 2 is 1.21 bits per heavy atom. The third-order valence-electron chi connectivity index (χ3n) is 6.55. The largest absolute Gasteiger partial charge is 0.353 e. The third kappa shape index (κ3) is 15.1. The van der Waals surface area contributed by atoms with E-state index in [9.17, 15) is 14.4 Å². The molecule has 33 heavy (non-hydrogen) atoms. The highest BCUT2D eigenvalue weighted by Gasteiger charge is 2.25. The Kier molecular flexibility index (Phi) is 16.9. The second-order valence-electron chi connectivity index (χ2n) is 9.80. The number of hydrogen-bond donors (Lipinski definition) is 4. The molecular weight excluding hydrogens is 416 g/mol. The predicted octanol–water partition coefficient (Wildman–Crippen LogP) is 3.47. The van der Waals surface area contributed by atoms with E-state index in [2.05, 4.69) is 28.2 Å². The standard InChI is InChI=1S/C26H50N4O3/c1-4-5-6-7-13-22-19-24(31)17-21(12-8-10-15-27-2)18-25(32)30-23(20-26(33)29-22)14-9-11-16-28-3/h21-23,27-28H,4-20H2,1-3H3,(H,29,33)(H,30,32). The van der Waals surface area contributed by atoms with Crippen LogP contribution in [0, 0.1) is 5.92 Å². The van der Waals surface area contributed by atoms with E-state index in [1.807, 2.05) is 14.1 Å². The molecule has 1 saturated heterocycles. The molecule has 1 aliphatic rings. The van der Waals surface area contributed by atoms with Crippen LogP contribution >= 0.6 is 0 Å². The van der Waals surface area contributed by atoms with Gasteiger partial charge in [0.15, 0.2) is 0 Å². The summed E-state index contributed by atoms with van der Waals surface area (Å²) in [7, 11) is 3.88. The van der Waals surface area contributed by atoms with Gasteiger partial charge < -0.3 is 21.3 Å². The van der Waals surface area contributed by atoms with E-state index in [-0.39, 0.29) is 42.0 Å². The zero-order valence-corrected chi connectivity index (χ0v) is 21.5. The monoisotopic (exact) mass is 466 g/mol. The maximum Gasteiger partial charge on any atom is 0.222 e. The summed E-state index contributed by atoms with van der Waals surface area (Å²) in [6, 6.07) is -0.234. The van der Waals surface area contributed by atoms with Crippen molar-refractivity contribution < 1.29 is 14.4 Å². The summed E-state index contributed by atoms with van der Waals surface area (Å²) in [5.74, 6) is 0.178. The number of unbranched alkanes of at least 4 members (excludes halogenated alkanes) is 5. The molecule has 0 aromatic rings. The van der Waals surface area contributed by atoms with Crippen molar-refractivity contribution in [2.24, 2.45) is 5.92 Å². The number of Topliss-reactive ketones (excluding diaryl/α,β-unsaturated/α-hetero) is 1. The van der Waals surface area contributed by atoms with Gasteiger partial charge >= 0.3 is 0 Å². The van der Waals surface area contributed by atoms with Crippen LogP contribution in [0.25, 0.3) is 0 Å². The maximum atomic E-state index is 12.9. The average molecular weight is 467 g/mol. The molecule has 0 spiro atoms. The van der Waals surface area contributed by atoms with E-state index in [4.69, 9.17) is 0 Å². The fourth-order valence-electron chi connectivity index (χ4n) is 4.71. The van der Waals surface area contributed by atoms with Crippen molar-refractivity contribution in [1.82, 2.24) is 21.3 Å². The van der Waals surface area contributed by atoms with Gasteiger partial charge in [0.1, 0.15) is 5.78 Å². The number of amides is 2. The maximum absolute atomic E-state index is 12.9. The van der Waals surface area contributed by atoms with Gasteiger partial charge in [-0.2, -0.15) is 0 Å². The number of nitrogens with one attached hydrogen (secondary N) is 4. The number of hydrogen-bond acceptors (Lipinski definition) is 5. The highest BCUT2D eigenvalue weighted by molar-refractivity contribution is 5.84. The van der Waals surface area contributed by atoms with Crippen molar-refractivity contribution in [1.29, 1.82) is 0 Å². The average Bonchev–Trinajstić information content (AvgIpc) is 2.76. The summed E-state index contributed by atoms with van der Waals surface area (Å²) in [6.45, 7) is 4.07. The van der Waals surface area contributed by atoms with Crippen molar-refractivity contribution >= 4 is 17.6 Å². The molecule has 4 N–H and O–H groups in total. The van der Waals surface area contributed by atoms with Gasteiger partial charge in [-0.15, -0.1) is 0 Å². The van der Waals surface area contributed by atoms with Crippen LogP contribution in [0.4, 0.5) is 0 Å². The molecule has 0 aliphatic carbocycles. The molecule has 2 amide bonds. The first-order valence-corrected chi connectivity index (χ1v) is 13.4. The minimum Gasteiger partial charge on any atom is -0.353 e. The number of carbonyl (C=O) groups is 3. The molecule has 3 atom stereocenters. The second kappa shape index (κ2) is 18.9. The first-order chi connectivity index (χ1) is 16.0. The number of carbonyl (C=O) groups excluding carboxylic acids is 3. The highest BCUT2D eigenvalue weighted by atomic mass is 16.2. The zero-order valence-electron chi connectivity index (χ0n) is 21.5. The molecule has 1 rings (SSSR count). The fraction of sp³-hybridized carbons (Fsp3) is 0.885. The lowest BCUT2D eigenvalue weighted by atomic mass is 9.89. The van der Waals surface area contributed by atoms with Crippen LogP contribution < -0.4 is 21.3 Å². The normalized spacial score (nSPS) is 22.9. The summed E-state index contributed by atoms with van der Waals surface area (Å²) >= 11 is 0. The fourth-order valence-corrected chi connectivity index (χ4v) is 4.71. The number of ketones is 1. The van der Waals surface area contributed by atoms with Crippen molar-refractivity contribution in [3.05, 3.63) is 0 Å². The topological polar surface area (TPSA) is 99.3 Å². The van der Waals surface area contributed by atoms with Crippen LogP contribution in [0.2, 0.25) is 0 Å². The Labute approximate surface area is 202 Å². The molecule has 0 aromatic carbocycles. The van der Waals surface area contributed by atoms with Gasteiger partial charge in [-0.05, 0) is 65.2 Å². The van der Waals surface area contributed by atoms with Crippen LogP contribution in [-0.4, -0.2) is 56.9 Å².